The molecule has 2 rings (SSSR count). The number of hydrogen-bond acceptors (Lipinski definition) is 4. The zero-order valence-corrected chi connectivity index (χ0v) is 16.1. The molecule has 6 nitrogen and oxygen atoms in total. The first-order valence-electron chi connectivity index (χ1n) is 8.80. The van der Waals surface area contributed by atoms with E-state index in [9.17, 15) is 9.59 Å². The number of benzene rings is 2. The van der Waals surface area contributed by atoms with Crippen molar-refractivity contribution in [2.75, 3.05) is 14.2 Å². The topological polar surface area (TPSA) is 76.7 Å². The fourth-order valence-corrected chi connectivity index (χ4v) is 2.67. The van der Waals surface area contributed by atoms with Crippen LogP contribution in [-0.2, 0) is 11.3 Å². The Labute approximate surface area is 159 Å². The fourth-order valence-electron chi connectivity index (χ4n) is 2.67. The summed E-state index contributed by atoms with van der Waals surface area (Å²) in [6.45, 7) is 4.13. The Morgan fingerprint density at radius 2 is 1.74 bits per heavy atom. The van der Waals surface area contributed by atoms with Crippen molar-refractivity contribution in [2.45, 2.75) is 26.4 Å². The largest absolute Gasteiger partial charge is 0.497 e. The molecular weight excluding hydrogens is 344 g/mol. The zero-order valence-electron chi connectivity index (χ0n) is 16.1. The third-order valence-electron chi connectivity index (χ3n) is 4.19. The molecule has 0 saturated heterocycles. The van der Waals surface area contributed by atoms with Crippen molar-refractivity contribution < 1.29 is 19.1 Å². The van der Waals surface area contributed by atoms with Crippen LogP contribution in [0, 0.1) is 5.92 Å². The number of methoxy groups -OCH3 is 2. The zero-order chi connectivity index (χ0) is 19.8. The molecule has 0 aliphatic rings. The summed E-state index contributed by atoms with van der Waals surface area (Å²) in [6.07, 6.45) is 0. The molecule has 144 valence electrons. The van der Waals surface area contributed by atoms with Crippen LogP contribution >= 0.6 is 0 Å². The van der Waals surface area contributed by atoms with Crippen LogP contribution < -0.4 is 20.1 Å². The van der Waals surface area contributed by atoms with Crippen LogP contribution in [0.3, 0.4) is 0 Å². The Hall–Kier alpha value is -3.02. The second kappa shape index (κ2) is 9.62. The van der Waals surface area contributed by atoms with Crippen molar-refractivity contribution in [3.05, 3.63) is 59.7 Å². The molecule has 0 saturated carbocycles. The van der Waals surface area contributed by atoms with E-state index in [1.807, 2.05) is 38.1 Å². The van der Waals surface area contributed by atoms with Gasteiger partial charge in [0.05, 0.1) is 19.8 Å². The lowest BCUT2D eigenvalue weighted by molar-refractivity contribution is -0.124. The quantitative estimate of drug-likeness (QED) is 0.749. The highest BCUT2D eigenvalue weighted by Crippen LogP contribution is 2.18. The van der Waals surface area contributed by atoms with Gasteiger partial charge in [-0.15, -0.1) is 0 Å². The summed E-state index contributed by atoms with van der Waals surface area (Å²) in [5.41, 5.74) is 1.31. The Balaban J connectivity index is 2.05. The molecule has 0 aliphatic heterocycles. The number of hydrogen-bond donors (Lipinski definition) is 2. The van der Waals surface area contributed by atoms with E-state index in [4.69, 9.17) is 9.47 Å². The van der Waals surface area contributed by atoms with Crippen LogP contribution in [0.15, 0.2) is 48.5 Å². The molecule has 0 spiro atoms. The number of nitrogens with one attached hydrogen (secondary N) is 2. The molecule has 0 unspecified atom stereocenters. The Kier molecular flexibility index (Phi) is 7.23. The normalized spacial score (nSPS) is 11.6. The molecule has 2 aromatic carbocycles. The van der Waals surface area contributed by atoms with Crippen LogP contribution in [0.4, 0.5) is 0 Å². The van der Waals surface area contributed by atoms with Gasteiger partial charge in [-0.3, -0.25) is 9.59 Å². The average Bonchev–Trinajstić information content (AvgIpc) is 2.69. The second-order valence-corrected chi connectivity index (χ2v) is 6.46. The van der Waals surface area contributed by atoms with Crippen molar-refractivity contribution in [2.24, 2.45) is 5.92 Å². The highest BCUT2D eigenvalue weighted by atomic mass is 16.5. The lowest BCUT2D eigenvalue weighted by atomic mass is 10.0. The number of amides is 2. The summed E-state index contributed by atoms with van der Waals surface area (Å²) in [5.74, 6) is 0.536. The van der Waals surface area contributed by atoms with Crippen molar-refractivity contribution in [3.63, 3.8) is 0 Å². The molecule has 6 heteroatoms. The second-order valence-electron chi connectivity index (χ2n) is 6.46. The minimum absolute atomic E-state index is 0.0750. The van der Waals surface area contributed by atoms with Crippen molar-refractivity contribution >= 4 is 11.8 Å². The van der Waals surface area contributed by atoms with Gasteiger partial charge in [0.15, 0.2) is 0 Å². The van der Waals surface area contributed by atoms with Gasteiger partial charge in [0.1, 0.15) is 17.5 Å². The van der Waals surface area contributed by atoms with Crippen molar-refractivity contribution in [1.82, 2.24) is 10.6 Å². The molecule has 2 amide bonds. The van der Waals surface area contributed by atoms with Gasteiger partial charge in [0.25, 0.3) is 5.91 Å². The van der Waals surface area contributed by atoms with Gasteiger partial charge in [0.2, 0.25) is 5.91 Å². The first-order chi connectivity index (χ1) is 13.0. The maximum Gasteiger partial charge on any atom is 0.255 e. The molecular formula is C21H26N2O4. The molecule has 2 aromatic rings. The average molecular weight is 370 g/mol. The van der Waals surface area contributed by atoms with Crippen LogP contribution in [-0.4, -0.2) is 32.1 Å². The van der Waals surface area contributed by atoms with E-state index >= 15 is 0 Å². The summed E-state index contributed by atoms with van der Waals surface area (Å²) in [7, 11) is 3.10. The summed E-state index contributed by atoms with van der Waals surface area (Å²) in [4.78, 5) is 25.3. The Bertz CT molecular complexity index is 789. The monoisotopic (exact) mass is 370 g/mol. The first-order valence-corrected chi connectivity index (χ1v) is 8.80. The lowest BCUT2D eigenvalue weighted by Crippen LogP contribution is -2.49. The van der Waals surface area contributed by atoms with Gasteiger partial charge in [-0.1, -0.05) is 38.1 Å². The molecule has 0 radical (unpaired) electrons. The molecule has 0 bridgehead atoms. The molecule has 0 fully saturated rings. The Morgan fingerprint density at radius 3 is 2.41 bits per heavy atom. The van der Waals surface area contributed by atoms with E-state index in [0.29, 0.717) is 17.9 Å². The number of rotatable bonds is 8. The van der Waals surface area contributed by atoms with E-state index in [2.05, 4.69) is 10.6 Å². The summed E-state index contributed by atoms with van der Waals surface area (Å²) in [6, 6.07) is 13.7. The van der Waals surface area contributed by atoms with Crippen molar-refractivity contribution in [1.29, 1.82) is 0 Å². The molecule has 2 N–H and O–H groups in total. The van der Waals surface area contributed by atoms with Crippen molar-refractivity contribution in [3.8, 4) is 11.5 Å². The van der Waals surface area contributed by atoms with Gasteiger partial charge in [-0.05, 0) is 35.7 Å². The third-order valence-corrected chi connectivity index (χ3v) is 4.19. The van der Waals surface area contributed by atoms with Crippen LogP contribution in [0.25, 0.3) is 0 Å². The van der Waals surface area contributed by atoms with Gasteiger partial charge in [-0.25, -0.2) is 0 Å². The van der Waals surface area contributed by atoms with E-state index in [-0.39, 0.29) is 17.7 Å². The number of para-hydroxylation sites is 1. The van der Waals surface area contributed by atoms with Gasteiger partial charge in [0, 0.05) is 6.54 Å². The summed E-state index contributed by atoms with van der Waals surface area (Å²) < 4.78 is 10.4. The smallest absolute Gasteiger partial charge is 0.255 e. The van der Waals surface area contributed by atoms with Gasteiger partial charge in [-0.2, -0.15) is 0 Å². The molecule has 0 aromatic heterocycles. The highest BCUT2D eigenvalue weighted by molar-refractivity contribution is 5.99. The van der Waals surface area contributed by atoms with Gasteiger partial charge < -0.3 is 20.1 Å². The first kappa shape index (κ1) is 20.3. The minimum atomic E-state index is -0.659. The molecule has 27 heavy (non-hydrogen) atoms. The maximum absolute atomic E-state index is 12.6. The minimum Gasteiger partial charge on any atom is -0.497 e. The maximum atomic E-state index is 12.6. The van der Waals surface area contributed by atoms with E-state index < -0.39 is 6.04 Å². The molecule has 0 aliphatic carbocycles. The predicted molar refractivity (Wildman–Crippen MR) is 104 cm³/mol. The van der Waals surface area contributed by atoms with Crippen LogP contribution in [0.5, 0.6) is 11.5 Å². The molecule has 1 atom stereocenters. The van der Waals surface area contributed by atoms with E-state index in [1.165, 1.54) is 7.11 Å². The molecule has 0 heterocycles. The van der Waals surface area contributed by atoms with E-state index in [0.717, 1.165) is 11.3 Å². The number of carbonyl (C=O) groups excluding carboxylic acids is 2. The SMILES string of the molecule is COc1cccc(CNC(=O)[C@@H](NC(=O)c2ccccc2OC)C(C)C)c1. The van der Waals surface area contributed by atoms with Gasteiger partial charge >= 0.3 is 0 Å². The standard InChI is InChI=1S/C21H26N2O4/c1-14(2)19(23-20(24)17-10-5-6-11-18(17)27-4)21(25)22-13-15-8-7-9-16(12-15)26-3/h5-12,14,19H,13H2,1-4H3,(H,22,25)(H,23,24)/t19-/m0/s1. The Morgan fingerprint density at radius 1 is 1.00 bits per heavy atom. The van der Waals surface area contributed by atoms with Crippen LogP contribution in [0.1, 0.15) is 29.8 Å². The third kappa shape index (κ3) is 5.48. The van der Waals surface area contributed by atoms with E-state index in [1.54, 1.807) is 31.4 Å². The number of carbonyl (C=O) groups is 2. The fraction of sp³-hybridized carbons (Fsp3) is 0.333. The lowest BCUT2D eigenvalue weighted by Gasteiger charge is -2.22. The predicted octanol–water partition coefficient (Wildman–Crippen LogP) is 2.77. The number of ether oxygens (including phenoxy) is 2. The van der Waals surface area contributed by atoms with Crippen LogP contribution in [0.2, 0.25) is 0 Å². The highest BCUT2D eigenvalue weighted by Gasteiger charge is 2.25. The summed E-state index contributed by atoms with van der Waals surface area (Å²) in [5, 5.41) is 5.69. The summed E-state index contributed by atoms with van der Waals surface area (Å²) >= 11 is 0.